The van der Waals surface area contributed by atoms with Crippen molar-refractivity contribution in [3.63, 3.8) is 0 Å². The monoisotopic (exact) mass is 464 g/mol. The molecule has 0 amide bonds. The topological polar surface area (TPSA) is 89.1 Å². The molecule has 9 heteroatoms. The van der Waals surface area contributed by atoms with Gasteiger partial charge in [-0.25, -0.2) is 13.9 Å². The fourth-order valence-corrected chi connectivity index (χ4v) is 3.95. The van der Waals surface area contributed by atoms with Gasteiger partial charge in [-0.3, -0.25) is 0 Å². The second kappa shape index (κ2) is 9.24. The number of aromatic nitrogens is 4. The van der Waals surface area contributed by atoms with Gasteiger partial charge in [0.15, 0.2) is 5.82 Å². The second-order valence-electron chi connectivity index (χ2n) is 9.09. The first-order chi connectivity index (χ1) is 16.2. The zero-order chi connectivity index (χ0) is 24.5. The maximum atomic E-state index is 13.5. The summed E-state index contributed by atoms with van der Waals surface area (Å²) in [6.45, 7) is 11.8. The molecule has 0 aliphatic rings. The number of fused-ring (bicyclic) bond motifs is 1. The van der Waals surface area contributed by atoms with E-state index in [1.165, 1.54) is 12.1 Å². The van der Waals surface area contributed by atoms with E-state index in [0.717, 1.165) is 24.2 Å². The Labute approximate surface area is 197 Å². The van der Waals surface area contributed by atoms with Gasteiger partial charge in [-0.05, 0) is 87.5 Å². The lowest BCUT2D eigenvalue weighted by atomic mass is 10.0. The molecule has 4 aromatic rings. The van der Waals surface area contributed by atoms with Gasteiger partial charge in [0.1, 0.15) is 17.4 Å². The molecule has 0 saturated carbocycles. The van der Waals surface area contributed by atoms with Crippen molar-refractivity contribution in [2.75, 3.05) is 23.3 Å². The average molecular weight is 465 g/mol. The quantitative estimate of drug-likeness (QED) is 0.396. The molecule has 0 fully saturated rings. The summed E-state index contributed by atoms with van der Waals surface area (Å²) in [6.07, 6.45) is 0. The van der Waals surface area contributed by atoms with Crippen LogP contribution in [0.3, 0.4) is 0 Å². The van der Waals surface area contributed by atoms with Crippen LogP contribution in [0.1, 0.15) is 52.0 Å². The summed E-state index contributed by atoms with van der Waals surface area (Å²) in [5.74, 6) is 0.0964. The summed E-state index contributed by atoms with van der Waals surface area (Å²) in [4.78, 5) is 15.4. The maximum Gasteiger partial charge on any atom is 0.342 e. The van der Waals surface area contributed by atoms with Gasteiger partial charge in [-0.1, -0.05) is 0 Å². The number of anilines is 2. The minimum atomic E-state index is -0.720. The standard InChI is InChI=1S/C25H29FN6O2/c1-6-31(7-2)19-13-8-16-14-20(24(33)34-21(16)15-19)22(27-18-11-9-17(26)10-12-18)23-28-29-30-32(23)25(3,4)5/h8-15,22,27H,6-7H2,1-5H3. The van der Waals surface area contributed by atoms with Crippen LogP contribution in [0.25, 0.3) is 11.0 Å². The van der Waals surface area contributed by atoms with E-state index in [1.807, 2.05) is 39.0 Å². The van der Waals surface area contributed by atoms with Crippen molar-refractivity contribution < 1.29 is 8.81 Å². The van der Waals surface area contributed by atoms with E-state index in [9.17, 15) is 9.18 Å². The molecule has 178 valence electrons. The lowest BCUT2D eigenvalue weighted by Crippen LogP contribution is -2.31. The third-order valence-corrected chi connectivity index (χ3v) is 5.73. The molecule has 0 aliphatic carbocycles. The molecule has 2 aromatic carbocycles. The molecule has 1 unspecified atom stereocenters. The molecule has 2 aromatic heterocycles. The minimum absolute atomic E-state index is 0.351. The largest absolute Gasteiger partial charge is 0.422 e. The second-order valence-corrected chi connectivity index (χ2v) is 9.09. The van der Waals surface area contributed by atoms with Crippen LogP contribution < -0.4 is 15.8 Å². The zero-order valence-corrected chi connectivity index (χ0v) is 20.0. The molecule has 0 radical (unpaired) electrons. The van der Waals surface area contributed by atoms with Crippen molar-refractivity contribution in [3.05, 3.63) is 76.2 Å². The number of hydrogen-bond acceptors (Lipinski definition) is 7. The SMILES string of the molecule is CCN(CC)c1ccc2cc(C(Nc3ccc(F)cc3)c3nnnn3C(C)(C)C)c(=O)oc2c1. The molecule has 0 saturated heterocycles. The van der Waals surface area contributed by atoms with Crippen LogP contribution in [0.15, 0.2) is 57.7 Å². The van der Waals surface area contributed by atoms with Gasteiger partial charge in [-0.2, -0.15) is 0 Å². The molecule has 4 rings (SSSR count). The Morgan fingerprint density at radius 1 is 1.09 bits per heavy atom. The van der Waals surface area contributed by atoms with Gasteiger partial charge in [0, 0.05) is 35.9 Å². The van der Waals surface area contributed by atoms with Gasteiger partial charge in [0.05, 0.1) is 11.1 Å². The van der Waals surface area contributed by atoms with E-state index in [4.69, 9.17) is 4.42 Å². The highest BCUT2D eigenvalue weighted by Gasteiger charge is 2.29. The van der Waals surface area contributed by atoms with Crippen LogP contribution in [0, 0.1) is 5.82 Å². The van der Waals surface area contributed by atoms with Crippen molar-refractivity contribution in [1.82, 2.24) is 20.2 Å². The van der Waals surface area contributed by atoms with Gasteiger partial charge < -0.3 is 14.6 Å². The molecule has 8 nitrogen and oxygen atoms in total. The molecular formula is C25H29FN6O2. The lowest BCUT2D eigenvalue weighted by Gasteiger charge is -2.25. The van der Waals surface area contributed by atoms with Gasteiger partial charge >= 0.3 is 5.63 Å². The third kappa shape index (κ3) is 4.64. The van der Waals surface area contributed by atoms with Crippen molar-refractivity contribution in [2.24, 2.45) is 0 Å². The first-order valence-corrected chi connectivity index (χ1v) is 11.3. The summed E-state index contributed by atoms with van der Waals surface area (Å²) in [5, 5.41) is 16.3. The number of nitrogens with zero attached hydrogens (tertiary/aromatic N) is 5. The number of halogens is 1. The fraction of sp³-hybridized carbons (Fsp3) is 0.360. The van der Waals surface area contributed by atoms with Crippen LogP contribution >= 0.6 is 0 Å². The summed E-state index contributed by atoms with van der Waals surface area (Å²) in [7, 11) is 0. The first kappa shape index (κ1) is 23.4. The van der Waals surface area contributed by atoms with Crippen LogP contribution in [0.4, 0.5) is 15.8 Å². The van der Waals surface area contributed by atoms with Gasteiger partial charge in [0.25, 0.3) is 0 Å². The van der Waals surface area contributed by atoms with E-state index in [-0.39, 0.29) is 5.82 Å². The highest BCUT2D eigenvalue weighted by Crippen LogP contribution is 2.29. The number of tetrazole rings is 1. The number of hydrogen-bond donors (Lipinski definition) is 1. The molecule has 1 atom stereocenters. The average Bonchev–Trinajstić information content (AvgIpc) is 3.30. The van der Waals surface area contributed by atoms with Crippen LogP contribution in [-0.2, 0) is 5.54 Å². The molecule has 0 aliphatic heterocycles. The smallest absolute Gasteiger partial charge is 0.342 e. The summed E-state index contributed by atoms with van der Waals surface area (Å²) >= 11 is 0. The summed E-state index contributed by atoms with van der Waals surface area (Å²) in [6, 6.07) is 12.8. The fourth-order valence-electron chi connectivity index (χ4n) is 3.95. The first-order valence-electron chi connectivity index (χ1n) is 11.3. The normalized spacial score (nSPS) is 12.6. The van der Waals surface area contributed by atoms with Crippen LogP contribution in [-0.4, -0.2) is 33.3 Å². The molecule has 1 N–H and O–H groups in total. The summed E-state index contributed by atoms with van der Waals surface area (Å²) in [5.41, 5.74) is 1.54. The predicted octanol–water partition coefficient (Wildman–Crippen LogP) is 4.72. The molecule has 0 spiro atoms. The Morgan fingerprint density at radius 3 is 2.44 bits per heavy atom. The van der Waals surface area contributed by atoms with Crippen molar-refractivity contribution in [1.29, 1.82) is 0 Å². The Morgan fingerprint density at radius 2 is 1.79 bits per heavy atom. The zero-order valence-electron chi connectivity index (χ0n) is 20.0. The highest BCUT2D eigenvalue weighted by atomic mass is 19.1. The Kier molecular flexibility index (Phi) is 6.37. The van der Waals surface area contributed by atoms with Crippen molar-refractivity contribution in [2.45, 2.75) is 46.2 Å². The van der Waals surface area contributed by atoms with E-state index >= 15 is 0 Å². The van der Waals surface area contributed by atoms with E-state index in [1.54, 1.807) is 22.9 Å². The minimum Gasteiger partial charge on any atom is -0.422 e. The number of nitrogens with one attached hydrogen (secondary N) is 1. The lowest BCUT2D eigenvalue weighted by molar-refractivity contribution is 0.332. The van der Waals surface area contributed by atoms with E-state index in [2.05, 4.69) is 39.6 Å². The van der Waals surface area contributed by atoms with E-state index in [0.29, 0.717) is 22.7 Å². The Balaban J connectivity index is 1.85. The van der Waals surface area contributed by atoms with Crippen molar-refractivity contribution >= 4 is 22.3 Å². The number of rotatable bonds is 7. The van der Waals surface area contributed by atoms with Crippen molar-refractivity contribution in [3.8, 4) is 0 Å². The highest BCUT2D eigenvalue weighted by molar-refractivity contribution is 5.81. The summed E-state index contributed by atoms with van der Waals surface area (Å²) < 4.78 is 20.9. The molecule has 34 heavy (non-hydrogen) atoms. The van der Waals surface area contributed by atoms with Gasteiger partial charge in [0.2, 0.25) is 0 Å². The molecular weight excluding hydrogens is 435 g/mol. The predicted molar refractivity (Wildman–Crippen MR) is 131 cm³/mol. The van der Waals surface area contributed by atoms with Crippen LogP contribution in [0.5, 0.6) is 0 Å². The third-order valence-electron chi connectivity index (χ3n) is 5.73. The van der Waals surface area contributed by atoms with E-state index < -0.39 is 17.2 Å². The van der Waals surface area contributed by atoms with Gasteiger partial charge in [-0.15, -0.1) is 5.10 Å². The Bertz CT molecular complexity index is 1340. The maximum absolute atomic E-state index is 13.5. The van der Waals surface area contributed by atoms with Crippen LogP contribution in [0.2, 0.25) is 0 Å². The Hall–Kier alpha value is -3.75. The molecule has 2 heterocycles. The molecule has 0 bridgehead atoms. The number of benzene rings is 2.